The predicted molar refractivity (Wildman–Crippen MR) is 86.7 cm³/mol. The molecule has 2 aromatic rings. The Balaban J connectivity index is 2.36. The molecule has 0 spiro atoms. The van der Waals surface area contributed by atoms with Crippen molar-refractivity contribution in [3.8, 4) is 0 Å². The summed E-state index contributed by atoms with van der Waals surface area (Å²) in [4.78, 5) is 0. The van der Waals surface area contributed by atoms with Gasteiger partial charge in [-0.1, -0.05) is 11.6 Å². The maximum Gasteiger partial charge on any atom is 0.271 e. The normalized spacial score (nSPS) is 11.6. The molecule has 2 rings (SSSR count). The molecule has 1 heterocycles. The molecule has 19 heavy (non-hydrogen) atoms. The molecule has 0 radical (unpaired) electrons. The average molecular weight is 446 g/mol. The molecular weight excluding hydrogens is 438 g/mol. The van der Waals surface area contributed by atoms with Gasteiger partial charge in [0, 0.05) is 9.50 Å². The van der Waals surface area contributed by atoms with Gasteiger partial charge in [0.2, 0.25) is 0 Å². The Morgan fingerprint density at radius 3 is 2.47 bits per heavy atom. The van der Waals surface area contributed by atoms with Gasteiger partial charge >= 0.3 is 0 Å². The molecule has 0 saturated heterocycles. The van der Waals surface area contributed by atoms with E-state index in [9.17, 15) is 8.42 Å². The zero-order valence-electron chi connectivity index (χ0n) is 9.58. The highest BCUT2D eigenvalue weighted by molar-refractivity contribution is 9.13. The smallest absolute Gasteiger partial charge is 0.271 e. The Labute approximate surface area is 137 Å². The molecule has 0 saturated carbocycles. The summed E-state index contributed by atoms with van der Waals surface area (Å²) in [6, 6.07) is 6.56. The van der Waals surface area contributed by atoms with E-state index >= 15 is 0 Å². The van der Waals surface area contributed by atoms with E-state index in [-0.39, 0.29) is 4.21 Å². The second-order valence-electron chi connectivity index (χ2n) is 3.75. The highest BCUT2D eigenvalue weighted by Crippen LogP contribution is 2.35. The van der Waals surface area contributed by atoms with Crippen LogP contribution < -0.4 is 4.72 Å². The van der Waals surface area contributed by atoms with E-state index in [2.05, 4.69) is 36.6 Å². The highest BCUT2D eigenvalue weighted by atomic mass is 79.9. The summed E-state index contributed by atoms with van der Waals surface area (Å²) in [6.45, 7) is 1.80. The molecule has 1 aromatic carbocycles. The standard InChI is InChI=1S/C11H8Br2ClNO2S2/c1-6-4-7(14)2-3-9(6)15-19(16,17)10-5-8(12)11(13)18-10/h2-5,15H,1H3. The number of rotatable bonds is 3. The minimum atomic E-state index is -3.58. The van der Waals surface area contributed by atoms with Crippen LogP contribution in [0.25, 0.3) is 0 Å². The molecule has 0 unspecified atom stereocenters. The van der Waals surface area contributed by atoms with Gasteiger partial charge < -0.3 is 0 Å². The van der Waals surface area contributed by atoms with E-state index in [1.54, 1.807) is 31.2 Å². The number of benzene rings is 1. The van der Waals surface area contributed by atoms with Gasteiger partial charge in [0.05, 0.1) is 9.47 Å². The molecule has 0 aliphatic carbocycles. The molecule has 0 aliphatic heterocycles. The lowest BCUT2D eigenvalue weighted by molar-refractivity contribution is 0.603. The molecule has 0 fully saturated rings. The summed E-state index contributed by atoms with van der Waals surface area (Å²) in [5.41, 5.74) is 1.29. The van der Waals surface area contributed by atoms with Crippen LogP contribution in [0, 0.1) is 6.92 Å². The maximum absolute atomic E-state index is 12.2. The fourth-order valence-corrected chi connectivity index (χ4v) is 5.57. The third-order valence-corrected chi connectivity index (χ3v) is 7.65. The van der Waals surface area contributed by atoms with Crippen LogP contribution in [0.3, 0.4) is 0 Å². The minimum Gasteiger partial charge on any atom is -0.279 e. The van der Waals surface area contributed by atoms with Crippen LogP contribution >= 0.6 is 54.8 Å². The van der Waals surface area contributed by atoms with Crippen molar-refractivity contribution in [2.24, 2.45) is 0 Å². The lowest BCUT2D eigenvalue weighted by Gasteiger charge is -2.09. The summed E-state index contributed by atoms with van der Waals surface area (Å²) in [6.07, 6.45) is 0. The Morgan fingerprint density at radius 2 is 1.95 bits per heavy atom. The highest BCUT2D eigenvalue weighted by Gasteiger charge is 2.19. The maximum atomic E-state index is 12.2. The van der Waals surface area contributed by atoms with Crippen LogP contribution in [0.15, 0.2) is 36.7 Å². The first-order valence-corrected chi connectivity index (χ1v) is 9.30. The van der Waals surface area contributed by atoms with Crippen LogP contribution in [0.4, 0.5) is 5.69 Å². The number of hydrogen-bond acceptors (Lipinski definition) is 3. The molecule has 102 valence electrons. The van der Waals surface area contributed by atoms with Gasteiger partial charge in [-0.2, -0.15) is 0 Å². The van der Waals surface area contributed by atoms with Crippen molar-refractivity contribution in [1.29, 1.82) is 0 Å². The van der Waals surface area contributed by atoms with Gasteiger partial charge in [0.25, 0.3) is 10.0 Å². The monoisotopic (exact) mass is 443 g/mol. The number of nitrogens with one attached hydrogen (secondary N) is 1. The van der Waals surface area contributed by atoms with Crippen molar-refractivity contribution >= 4 is 70.5 Å². The fourth-order valence-electron chi connectivity index (χ4n) is 1.40. The van der Waals surface area contributed by atoms with Gasteiger partial charge in [-0.05, 0) is 68.6 Å². The summed E-state index contributed by atoms with van der Waals surface area (Å²) in [7, 11) is -3.58. The molecule has 0 aliphatic rings. The first kappa shape index (κ1) is 15.3. The molecule has 0 atom stereocenters. The quantitative estimate of drug-likeness (QED) is 0.720. The lowest BCUT2D eigenvalue weighted by atomic mass is 10.2. The van der Waals surface area contributed by atoms with Crippen LogP contribution in [0.2, 0.25) is 5.02 Å². The zero-order chi connectivity index (χ0) is 14.2. The van der Waals surface area contributed by atoms with E-state index in [0.717, 1.165) is 20.7 Å². The second kappa shape index (κ2) is 5.73. The van der Waals surface area contributed by atoms with Gasteiger partial charge in [-0.3, -0.25) is 4.72 Å². The van der Waals surface area contributed by atoms with E-state index < -0.39 is 10.0 Å². The van der Waals surface area contributed by atoms with Crippen molar-refractivity contribution < 1.29 is 8.42 Å². The number of anilines is 1. The number of hydrogen-bond donors (Lipinski definition) is 1. The minimum absolute atomic E-state index is 0.237. The summed E-state index contributed by atoms with van der Waals surface area (Å²) >= 11 is 13.5. The van der Waals surface area contributed by atoms with Crippen molar-refractivity contribution in [2.75, 3.05) is 4.72 Å². The number of aryl methyl sites for hydroxylation is 1. The van der Waals surface area contributed by atoms with Crippen LogP contribution in [-0.4, -0.2) is 8.42 Å². The lowest BCUT2D eigenvalue weighted by Crippen LogP contribution is -2.12. The van der Waals surface area contributed by atoms with E-state index in [0.29, 0.717) is 15.2 Å². The SMILES string of the molecule is Cc1cc(Cl)ccc1NS(=O)(=O)c1cc(Br)c(Br)s1. The average Bonchev–Trinajstić information content (AvgIpc) is 2.64. The van der Waals surface area contributed by atoms with E-state index in [1.165, 1.54) is 0 Å². The van der Waals surface area contributed by atoms with Crippen molar-refractivity contribution in [2.45, 2.75) is 11.1 Å². The molecule has 8 heteroatoms. The van der Waals surface area contributed by atoms with Gasteiger partial charge in [0.15, 0.2) is 0 Å². The molecule has 3 nitrogen and oxygen atoms in total. The Morgan fingerprint density at radius 1 is 1.26 bits per heavy atom. The second-order valence-corrected chi connectivity index (χ2v) is 9.32. The van der Waals surface area contributed by atoms with Gasteiger partial charge in [-0.15, -0.1) is 11.3 Å². The third kappa shape index (κ3) is 3.52. The number of thiophene rings is 1. The summed E-state index contributed by atoms with van der Waals surface area (Å²) in [5.74, 6) is 0. The molecule has 1 N–H and O–H groups in total. The van der Waals surface area contributed by atoms with Crippen LogP contribution in [0.1, 0.15) is 5.56 Å². The Bertz CT molecular complexity index is 709. The van der Waals surface area contributed by atoms with Crippen LogP contribution in [-0.2, 0) is 10.0 Å². The number of sulfonamides is 1. The first-order chi connectivity index (χ1) is 8.79. The third-order valence-electron chi connectivity index (χ3n) is 2.32. The summed E-state index contributed by atoms with van der Waals surface area (Å²) < 4.78 is 28.7. The fraction of sp³-hybridized carbons (Fsp3) is 0.0909. The number of halogens is 3. The topological polar surface area (TPSA) is 46.2 Å². The largest absolute Gasteiger partial charge is 0.279 e. The van der Waals surface area contributed by atoms with Crippen LogP contribution in [0.5, 0.6) is 0 Å². The van der Waals surface area contributed by atoms with Crippen molar-refractivity contribution in [3.63, 3.8) is 0 Å². The molecule has 0 bridgehead atoms. The summed E-state index contributed by atoms with van der Waals surface area (Å²) in [5, 5.41) is 0.571. The van der Waals surface area contributed by atoms with E-state index in [4.69, 9.17) is 11.6 Å². The van der Waals surface area contributed by atoms with Crippen molar-refractivity contribution in [1.82, 2.24) is 0 Å². The van der Waals surface area contributed by atoms with E-state index in [1.807, 2.05) is 0 Å². The molecular formula is C11H8Br2ClNO2S2. The Kier molecular flexibility index (Phi) is 4.62. The zero-order valence-corrected chi connectivity index (χ0v) is 15.1. The molecule has 1 aromatic heterocycles. The Hall–Kier alpha value is -0.0800. The first-order valence-electron chi connectivity index (χ1n) is 5.03. The van der Waals surface area contributed by atoms with Crippen molar-refractivity contribution in [3.05, 3.63) is 43.1 Å². The predicted octanol–water partition coefficient (Wildman–Crippen LogP) is 5.04. The molecule has 0 amide bonds. The van der Waals surface area contributed by atoms with Gasteiger partial charge in [-0.25, -0.2) is 8.42 Å². The van der Waals surface area contributed by atoms with Gasteiger partial charge in [0.1, 0.15) is 4.21 Å².